The van der Waals surface area contributed by atoms with Crippen molar-refractivity contribution in [3.63, 3.8) is 0 Å². The summed E-state index contributed by atoms with van der Waals surface area (Å²) in [7, 11) is -6.87. The zero-order valence-electron chi connectivity index (χ0n) is 15.3. The molecule has 4 rings (SSSR count). The summed E-state index contributed by atoms with van der Waals surface area (Å²) >= 11 is 0. The zero-order chi connectivity index (χ0) is 19.9. The highest BCUT2D eigenvalue weighted by molar-refractivity contribution is 7.89. The van der Waals surface area contributed by atoms with Crippen molar-refractivity contribution in [2.45, 2.75) is 30.3 Å². The minimum atomic E-state index is -3.58. The second kappa shape index (κ2) is 7.03. The number of fused-ring (bicyclic) bond motifs is 1. The van der Waals surface area contributed by atoms with Crippen LogP contribution in [0, 0.1) is 0 Å². The summed E-state index contributed by atoms with van der Waals surface area (Å²) in [5, 5.41) is 0. The summed E-state index contributed by atoms with van der Waals surface area (Å²) in [5.41, 5.74) is 1.43. The Morgan fingerprint density at radius 1 is 1.18 bits per heavy atom. The highest BCUT2D eigenvalue weighted by Crippen LogP contribution is 2.39. The van der Waals surface area contributed by atoms with Crippen molar-refractivity contribution in [3.8, 4) is 11.5 Å². The second-order valence-electron chi connectivity index (χ2n) is 6.98. The van der Waals surface area contributed by atoms with Crippen molar-refractivity contribution < 1.29 is 21.6 Å². The number of anilines is 1. The number of nitrogens with one attached hydrogen (secondary N) is 2. The van der Waals surface area contributed by atoms with Crippen molar-refractivity contribution in [1.82, 2.24) is 9.44 Å². The van der Waals surface area contributed by atoms with Crippen LogP contribution in [0.2, 0.25) is 0 Å². The van der Waals surface area contributed by atoms with Crippen LogP contribution in [0.4, 0.5) is 5.69 Å². The Hall–Kier alpha value is -2.14. The average Bonchev–Trinajstić information content (AvgIpc) is 3.45. The lowest BCUT2D eigenvalue weighted by Crippen LogP contribution is -2.44. The highest BCUT2D eigenvalue weighted by atomic mass is 32.2. The largest absolute Gasteiger partial charge is 0.457 e. The molecule has 150 valence electrons. The smallest absolute Gasteiger partial charge is 0.244 e. The van der Waals surface area contributed by atoms with E-state index in [-0.39, 0.29) is 18.1 Å². The van der Waals surface area contributed by atoms with Gasteiger partial charge >= 0.3 is 0 Å². The number of nitrogens with zero attached hydrogens (tertiary/aromatic N) is 1. The van der Waals surface area contributed by atoms with E-state index in [1.165, 1.54) is 6.07 Å². The molecule has 10 heteroatoms. The number of sulfonamides is 2. The fourth-order valence-electron chi connectivity index (χ4n) is 3.11. The predicted molar refractivity (Wildman–Crippen MR) is 105 cm³/mol. The molecule has 0 unspecified atom stereocenters. The Bertz CT molecular complexity index is 1110. The molecule has 0 bridgehead atoms. The fourth-order valence-corrected chi connectivity index (χ4v) is 4.73. The molecule has 2 N–H and O–H groups in total. The van der Waals surface area contributed by atoms with Gasteiger partial charge in [0.05, 0.1) is 18.6 Å². The van der Waals surface area contributed by atoms with Crippen LogP contribution in [0.1, 0.15) is 18.4 Å². The second-order valence-corrected chi connectivity index (χ2v) is 10.5. The molecule has 1 fully saturated rings. The quantitative estimate of drug-likeness (QED) is 0.733. The van der Waals surface area contributed by atoms with E-state index < -0.39 is 20.0 Å². The number of rotatable bonds is 6. The molecule has 1 saturated carbocycles. The van der Waals surface area contributed by atoms with Gasteiger partial charge in [0.1, 0.15) is 16.4 Å². The van der Waals surface area contributed by atoms with Gasteiger partial charge in [0.2, 0.25) is 20.0 Å². The van der Waals surface area contributed by atoms with E-state index in [1.807, 2.05) is 0 Å². The average molecular weight is 424 g/mol. The van der Waals surface area contributed by atoms with Crippen molar-refractivity contribution in [3.05, 3.63) is 48.0 Å². The summed E-state index contributed by atoms with van der Waals surface area (Å²) < 4.78 is 58.2. The maximum absolute atomic E-state index is 12.4. The van der Waals surface area contributed by atoms with E-state index >= 15 is 0 Å². The van der Waals surface area contributed by atoms with Crippen molar-refractivity contribution >= 4 is 25.7 Å². The lowest BCUT2D eigenvalue weighted by atomic mass is 10.2. The van der Waals surface area contributed by atoms with E-state index in [2.05, 4.69) is 14.3 Å². The standard InChI is InChI=1S/C18H21N3O5S2/c1-27(22,23)19-11-13-3-2-4-15(9-13)26-16-7-8-17-18(10-16)28(24,25)20-12-21(17)14-5-6-14/h2-4,7-10,14,19-20H,5-6,11-12H2,1H3. The number of benzene rings is 2. The first-order chi connectivity index (χ1) is 13.2. The first-order valence-electron chi connectivity index (χ1n) is 8.83. The highest BCUT2D eigenvalue weighted by Gasteiger charge is 2.36. The molecule has 0 aromatic heterocycles. The first kappa shape index (κ1) is 19.2. The van der Waals surface area contributed by atoms with Crippen LogP contribution in [-0.4, -0.2) is 35.8 Å². The van der Waals surface area contributed by atoms with E-state index in [9.17, 15) is 16.8 Å². The van der Waals surface area contributed by atoms with Crippen LogP contribution >= 0.6 is 0 Å². The van der Waals surface area contributed by atoms with Gasteiger partial charge in [-0.05, 0) is 42.7 Å². The summed E-state index contributed by atoms with van der Waals surface area (Å²) in [6.07, 6.45) is 3.22. The monoisotopic (exact) mass is 423 g/mol. The number of hydrogen-bond donors (Lipinski definition) is 2. The van der Waals surface area contributed by atoms with Crippen LogP contribution < -0.4 is 19.1 Å². The third kappa shape index (κ3) is 4.30. The minimum Gasteiger partial charge on any atom is -0.457 e. The molecule has 2 aliphatic rings. The van der Waals surface area contributed by atoms with Crippen molar-refractivity contribution in [1.29, 1.82) is 0 Å². The third-order valence-corrected chi connectivity index (χ3v) is 6.70. The molecule has 1 aliphatic heterocycles. The molecule has 0 atom stereocenters. The molecule has 2 aromatic rings. The number of hydrogen-bond acceptors (Lipinski definition) is 6. The van der Waals surface area contributed by atoms with Gasteiger partial charge in [-0.15, -0.1) is 0 Å². The SMILES string of the molecule is CS(=O)(=O)NCc1cccc(Oc2ccc3c(c2)S(=O)(=O)NCN3C2CC2)c1. The Balaban J connectivity index is 1.58. The van der Waals surface area contributed by atoms with E-state index in [1.54, 1.807) is 36.4 Å². The maximum Gasteiger partial charge on any atom is 0.244 e. The first-order valence-corrected chi connectivity index (χ1v) is 12.2. The molecule has 0 radical (unpaired) electrons. The Morgan fingerprint density at radius 3 is 2.64 bits per heavy atom. The van der Waals surface area contributed by atoms with E-state index in [4.69, 9.17) is 4.74 Å². The van der Waals surface area contributed by atoms with Gasteiger partial charge < -0.3 is 9.64 Å². The molecule has 0 amide bonds. The molecule has 28 heavy (non-hydrogen) atoms. The molecule has 0 saturated heterocycles. The van der Waals surface area contributed by atoms with Gasteiger partial charge in [-0.25, -0.2) is 21.6 Å². The minimum absolute atomic E-state index is 0.148. The molecular weight excluding hydrogens is 402 g/mol. The lowest BCUT2D eigenvalue weighted by molar-refractivity contribution is 0.479. The van der Waals surface area contributed by atoms with Crippen LogP contribution in [0.25, 0.3) is 0 Å². The van der Waals surface area contributed by atoms with Gasteiger partial charge in [-0.1, -0.05) is 12.1 Å². The van der Waals surface area contributed by atoms with Crippen molar-refractivity contribution in [2.75, 3.05) is 17.8 Å². The van der Waals surface area contributed by atoms with E-state index in [0.29, 0.717) is 23.2 Å². The van der Waals surface area contributed by atoms with Gasteiger partial charge in [0, 0.05) is 18.7 Å². The van der Waals surface area contributed by atoms with Crippen LogP contribution in [0.15, 0.2) is 47.4 Å². The molecule has 1 heterocycles. The predicted octanol–water partition coefficient (Wildman–Crippen LogP) is 1.75. The van der Waals surface area contributed by atoms with Crippen LogP contribution in [-0.2, 0) is 26.6 Å². The van der Waals surface area contributed by atoms with E-state index in [0.717, 1.165) is 24.7 Å². The zero-order valence-corrected chi connectivity index (χ0v) is 16.9. The summed E-state index contributed by atoms with van der Waals surface area (Å²) in [4.78, 5) is 2.27. The van der Waals surface area contributed by atoms with Crippen LogP contribution in [0.5, 0.6) is 11.5 Å². The molecular formula is C18H21N3O5S2. The Labute approximate surface area is 164 Å². The molecule has 2 aromatic carbocycles. The van der Waals surface area contributed by atoms with Gasteiger partial charge in [-0.3, -0.25) is 0 Å². The van der Waals surface area contributed by atoms with Gasteiger partial charge in [-0.2, -0.15) is 4.72 Å². The Morgan fingerprint density at radius 2 is 1.93 bits per heavy atom. The van der Waals surface area contributed by atoms with Crippen LogP contribution in [0.3, 0.4) is 0 Å². The molecule has 8 nitrogen and oxygen atoms in total. The lowest BCUT2D eigenvalue weighted by Gasteiger charge is -2.31. The normalized spacial score (nSPS) is 18.5. The Kier molecular flexibility index (Phi) is 4.82. The summed E-state index contributed by atoms with van der Waals surface area (Å²) in [6.45, 7) is 0.435. The maximum atomic E-state index is 12.4. The van der Waals surface area contributed by atoms with Gasteiger partial charge in [0.25, 0.3) is 0 Å². The topological polar surface area (TPSA) is 105 Å². The third-order valence-electron chi connectivity index (χ3n) is 4.62. The summed E-state index contributed by atoms with van der Waals surface area (Å²) in [6, 6.07) is 12.4. The van der Waals surface area contributed by atoms with Crippen molar-refractivity contribution in [2.24, 2.45) is 0 Å². The number of ether oxygens (including phenoxy) is 1. The molecule has 1 aliphatic carbocycles. The van der Waals surface area contributed by atoms with Gasteiger partial charge in [0.15, 0.2) is 0 Å². The fraction of sp³-hybridized carbons (Fsp3) is 0.333. The summed E-state index contributed by atoms with van der Waals surface area (Å²) in [5.74, 6) is 0.892. The molecule has 0 spiro atoms.